The Morgan fingerprint density at radius 3 is 2.33 bits per heavy atom. The van der Waals surface area contributed by atoms with Crippen molar-refractivity contribution in [2.24, 2.45) is 5.92 Å². The lowest BCUT2D eigenvalue weighted by atomic mass is 9.88. The molecule has 1 fully saturated rings. The number of aliphatic hydroxyl groups excluding tert-OH is 1. The molecule has 1 aliphatic rings. The molecular weight excluding hydrogens is 196 g/mol. The molecule has 0 bridgehead atoms. The molecule has 1 heterocycles. The Hall–Kier alpha value is -0.160. The van der Waals surface area contributed by atoms with Crippen molar-refractivity contribution < 1.29 is 19.3 Å². The van der Waals surface area contributed by atoms with Gasteiger partial charge >= 0.3 is 0 Å². The highest BCUT2D eigenvalue weighted by molar-refractivity contribution is 4.90. The molecule has 0 amide bonds. The summed E-state index contributed by atoms with van der Waals surface area (Å²) < 4.78 is 16.8. The average Bonchev–Trinajstić information content (AvgIpc) is 2.18. The highest BCUT2D eigenvalue weighted by Gasteiger charge is 2.42. The van der Waals surface area contributed by atoms with Gasteiger partial charge in [-0.05, 0) is 20.8 Å². The number of hydrogen-bond acceptors (Lipinski definition) is 4. The first-order chi connectivity index (χ1) is 7.15. The fourth-order valence-electron chi connectivity index (χ4n) is 2.28. The maximum atomic E-state index is 9.34. The molecule has 0 aromatic heterocycles. The van der Waals surface area contributed by atoms with Crippen LogP contribution in [0, 0.1) is 5.92 Å². The Kier molecular flexibility index (Phi) is 4.99. The third-order valence-corrected chi connectivity index (χ3v) is 3.08. The molecule has 1 N–H and O–H groups in total. The van der Waals surface area contributed by atoms with Crippen molar-refractivity contribution in [1.29, 1.82) is 0 Å². The summed E-state index contributed by atoms with van der Waals surface area (Å²) in [7, 11) is 1.65. The Morgan fingerprint density at radius 1 is 1.20 bits per heavy atom. The van der Waals surface area contributed by atoms with Gasteiger partial charge in [-0.2, -0.15) is 0 Å². The second-order valence-corrected chi connectivity index (χ2v) is 4.01. The maximum absolute atomic E-state index is 9.34. The lowest BCUT2D eigenvalue weighted by molar-refractivity contribution is -0.218. The first-order valence-electron chi connectivity index (χ1n) is 5.56. The van der Waals surface area contributed by atoms with Crippen LogP contribution in [0.3, 0.4) is 0 Å². The molecule has 0 unspecified atom stereocenters. The third kappa shape index (κ3) is 2.69. The van der Waals surface area contributed by atoms with Crippen molar-refractivity contribution in [3.05, 3.63) is 0 Å². The van der Waals surface area contributed by atoms with Gasteiger partial charge in [-0.25, -0.2) is 0 Å². The summed E-state index contributed by atoms with van der Waals surface area (Å²) in [6.07, 6.45) is -0.167. The minimum atomic E-state index is -0.0988. The fraction of sp³-hybridized carbons (Fsp3) is 1.00. The van der Waals surface area contributed by atoms with Crippen molar-refractivity contribution in [2.45, 2.75) is 45.2 Å². The summed E-state index contributed by atoms with van der Waals surface area (Å²) in [6.45, 7) is 6.59. The van der Waals surface area contributed by atoms with Gasteiger partial charge in [-0.15, -0.1) is 0 Å². The Bertz CT molecular complexity index is 169. The molecule has 1 rings (SSSR count). The molecule has 1 aliphatic heterocycles. The molecule has 0 radical (unpaired) electrons. The van der Waals surface area contributed by atoms with Gasteiger partial charge in [0, 0.05) is 19.6 Å². The predicted octanol–water partition coefficient (Wildman–Crippen LogP) is 0.822. The summed E-state index contributed by atoms with van der Waals surface area (Å²) in [5, 5.41) is 9.34. The van der Waals surface area contributed by atoms with Crippen molar-refractivity contribution >= 4 is 0 Å². The van der Waals surface area contributed by atoms with E-state index in [4.69, 9.17) is 14.2 Å². The molecule has 90 valence electrons. The third-order valence-electron chi connectivity index (χ3n) is 3.08. The zero-order chi connectivity index (χ0) is 11.4. The van der Waals surface area contributed by atoms with Crippen molar-refractivity contribution in [3.8, 4) is 0 Å². The van der Waals surface area contributed by atoms with Gasteiger partial charge in [-0.1, -0.05) is 0 Å². The van der Waals surface area contributed by atoms with E-state index >= 15 is 0 Å². The van der Waals surface area contributed by atoms with Crippen molar-refractivity contribution in [3.63, 3.8) is 0 Å². The largest absolute Gasteiger partial charge is 0.396 e. The first-order valence-corrected chi connectivity index (χ1v) is 5.56. The number of aliphatic hydroxyl groups is 1. The molecule has 0 aromatic rings. The molecule has 1 saturated heterocycles. The molecule has 0 aliphatic carbocycles. The lowest BCUT2D eigenvalue weighted by Gasteiger charge is -2.43. The van der Waals surface area contributed by atoms with Gasteiger partial charge in [0.1, 0.15) is 6.10 Å². The van der Waals surface area contributed by atoms with Gasteiger partial charge in [0.25, 0.3) is 0 Å². The normalized spacial score (nSPS) is 41.8. The lowest BCUT2D eigenvalue weighted by Crippen LogP contribution is -2.55. The highest BCUT2D eigenvalue weighted by atomic mass is 16.6. The van der Waals surface area contributed by atoms with E-state index in [0.29, 0.717) is 6.61 Å². The van der Waals surface area contributed by atoms with Gasteiger partial charge in [0.2, 0.25) is 0 Å². The maximum Gasteiger partial charge on any atom is 0.110 e. The van der Waals surface area contributed by atoms with E-state index in [1.54, 1.807) is 7.11 Å². The highest BCUT2D eigenvalue weighted by Crippen LogP contribution is 2.29. The smallest absolute Gasteiger partial charge is 0.110 e. The quantitative estimate of drug-likeness (QED) is 0.759. The van der Waals surface area contributed by atoms with Gasteiger partial charge in [0.05, 0.1) is 24.9 Å². The first kappa shape index (κ1) is 12.9. The van der Waals surface area contributed by atoms with Crippen LogP contribution in [0.1, 0.15) is 20.8 Å². The van der Waals surface area contributed by atoms with E-state index in [9.17, 15) is 5.11 Å². The minimum Gasteiger partial charge on any atom is -0.396 e. The molecule has 4 nitrogen and oxygen atoms in total. The van der Waals surface area contributed by atoms with Gasteiger partial charge < -0.3 is 19.3 Å². The van der Waals surface area contributed by atoms with Crippen LogP contribution in [0.25, 0.3) is 0 Å². The van der Waals surface area contributed by atoms with Crippen LogP contribution in [0.5, 0.6) is 0 Å². The van der Waals surface area contributed by atoms with Crippen molar-refractivity contribution in [2.75, 3.05) is 20.3 Å². The molecule has 0 saturated carbocycles. The van der Waals surface area contributed by atoms with Crippen LogP contribution in [0.2, 0.25) is 0 Å². The predicted molar refractivity (Wildman–Crippen MR) is 56.8 cm³/mol. The van der Waals surface area contributed by atoms with Gasteiger partial charge in [-0.3, -0.25) is 0 Å². The van der Waals surface area contributed by atoms with Crippen LogP contribution in [-0.4, -0.2) is 49.8 Å². The summed E-state index contributed by atoms with van der Waals surface area (Å²) in [5.41, 5.74) is 0. The number of rotatable bonds is 4. The van der Waals surface area contributed by atoms with Gasteiger partial charge in [0.15, 0.2) is 0 Å². The summed E-state index contributed by atoms with van der Waals surface area (Å²) in [5.74, 6) is -0.00824. The fourth-order valence-corrected chi connectivity index (χ4v) is 2.28. The number of hydrogen-bond donors (Lipinski definition) is 1. The van der Waals surface area contributed by atoms with E-state index in [-0.39, 0.29) is 36.9 Å². The van der Waals surface area contributed by atoms with Crippen LogP contribution < -0.4 is 0 Å². The summed E-state index contributed by atoms with van der Waals surface area (Å²) in [6, 6.07) is 0. The summed E-state index contributed by atoms with van der Waals surface area (Å²) >= 11 is 0. The Morgan fingerprint density at radius 2 is 1.87 bits per heavy atom. The summed E-state index contributed by atoms with van der Waals surface area (Å²) in [4.78, 5) is 0. The van der Waals surface area contributed by atoms with E-state index < -0.39 is 0 Å². The van der Waals surface area contributed by atoms with Crippen LogP contribution in [0.15, 0.2) is 0 Å². The minimum absolute atomic E-state index is 0.00403. The average molecular weight is 218 g/mol. The van der Waals surface area contributed by atoms with E-state index in [1.165, 1.54) is 0 Å². The molecule has 15 heavy (non-hydrogen) atoms. The second-order valence-electron chi connectivity index (χ2n) is 4.01. The molecule has 5 atom stereocenters. The monoisotopic (exact) mass is 218 g/mol. The zero-order valence-electron chi connectivity index (χ0n) is 9.97. The van der Waals surface area contributed by atoms with Crippen LogP contribution in [-0.2, 0) is 14.2 Å². The Balaban J connectivity index is 2.77. The topological polar surface area (TPSA) is 47.9 Å². The van der Waals surface area contributed by atoms with Crippen LogP contribution >= 0.6 is 0 Å². The number of methoxy groups -OCH3 is 1. The zero-order valence-corrected chi connectivity index (χ0v) is 9.97. The molecule has 0 aromatic carbocycles. The molecular formula is C11H22O4. The van der Waals surface area contributed by atoms with E-state index in [1.807, 2.05) is 20.8 Å². The second kappa shape index (κ2) is 5.80. The molecule has 0 spiro atoms. The van der Waals surface area contributed by atoms with Crippen molar-refractivity contribution in [1.82, 2.24) is 0 Å². The van der Waals surface area contributed by atoms with E-state index in [0.717, 1.165) is 0 Å². The SMILES string of the molecule is CCO[C@H]1[C@@H](CO)[C@@H](C)O[C@@H](C)[C@@H]1OC. The van der Waals surface area contributed by atoms with Crippen LogP contribution in [0.4, 0.5) is 0 Å². The number of ether oxygens (including phenoxy) is 3. The van der Waals surface area contributed by atoms with E-state index in [2.05, 4.69) is 0 Å². The molecule has 4 heteroatoms. The Labute approximate surface area is 91.5 Å². The standard InChI is InChI=1S/C11H22O4/c1-5-14-11-9(6-12)7(2)15-8(3)10(11)13-4/h7-12H,5-6H2,1-4H3/t7-,8+,9+,10+,11+/m1/s1.